The lowest BCUT2D eigenvalue weighted by Gasteiger charge is -2.06. The van der Waals surface area contributed by atoms with Crippen LogP contribution in [0.15, 0.2) is 50.2 Å². The Balaban J connectivity index is -0.000000155. The Bertz CT molecular complexity index is 278. The van der Waals surface area contributed by atoms with Gasteiger partial charge in [0.05, 0.1) is 0 Å². The lowest BCUT2D eigenvalue weighted by atomic mass is 10.1. The molecule has 0 aromatic rings. The molecule has 0 aliphatic carbocycles. The fourth-order valence-electron chi connectivity index (χ4n) is 1.96. The zero-order valence-electron chi connectivity index (χ0n) is 19.8. The molecule has 0 aliphatic heterocycles. The molecule has 0 saturated heterocycles. The largest absolute Gasteiger partial charge is 0.389 e. The van der Waals surface area contributed by atoms with E-state index in [0.717, 1.165) is 25.1 Å². The fraction of sp³-hybridized carbons (Fsp3) is 0.692. The minimum Gasteiger partial charge on any atom is -0.389 e. The average Bonchev–Trinajstić information content (AvgIpc) is 2.70. The highest BCUT2D eigenvalue weighted by Crippen LogP contribution is 2.04. The summed E-state index contributed by atoms with van der Waals surface area (Å²) < 4.78 is 0. The van der Waals surface area contributed by atoms with E-state index in [1.54, 1.807) is 0 Å². The van der Waals surface area contributed by atoms with E-state index in [0.29, 0.717) is 0 Å². The number of rotatable bonds is 15. The molecule has 0 unspecified atom stereocenters. The molecule has 27 heavy (non-hydrogen) atoms. The molecule has 0 aromatic carbocycles. The maximum absolute atomic E-state index is 3.88. The van der Waals surface area contributed by atoms with Crippen LogP contribution < -0.4 is 5.32 Å². The summed E-state index contributed by atoms with van der Waals surface area (Å²) >= 11 is 0. The van der Waals surface area contributed by atoms with Gasteiger partial charge in [-0.2, -0.15) is 0 Å². The lowest BCUT2D eigenvalue weighted by molar-refractivity contribution is 0.632. The summed E-state index contributed by atoms with van der Waals surface area (Å²) in [6, 6.07) is 0. The van der Waals surface area contributed by atoms with Crippen molar-refractivity contribution in [1.82, 2.24) is 5.32 Å². The van der Waals surface area contributed by atoms with Crippen LogP contribution in [-0.2, 0) is 0 Å². The number of nitrogens with one attached hydrogen (secondary N) is 1. The number of unbranched alkanes of at least 4 members (excludes halogenated alkanes) is 8. The van der Waals surface area contributed by atoms with E-state index in [1.807, 2.05) is 32.1 Å². The van der Waals surface area contributed by atoms with E-state index in [9.17, 15) is 0 Å². The summed E-state index contributed by atoms with van der Waals surface area (Å²) in [4.78, 5) is 0. The van der Waals surface area contributed by atoms with E-state index in [-0.39, 0.29) is 0 Å². The molecular weight excluding hydrogens is 326 g/mol. The molecule has 0 rings (SSSR count). The molecule has 0 atom stereocenters. The van der Waals surface area contributed by atoms with Gasteiger partial charge < -0.3 is 5.32 Å². The second kappa shape index (κ2) is 39.7. The zero-order chi connectivity index (χ0) is 21.6. The van der Waals surface area contributed by atoms with Crippen molar-refractivity contribution in [2.45, 2.75) is 112 Å². The van der Waals surface area contributed by atoms with Crippen LogP contribution in [0, 0.1) is 0 Å². The number of hydrogen-bond acceptors (Lipinski definition) is 1. The van der Waals surface area contributed by atoms with E-state index >= 15 is 0 Å². The van der Waals surface area contributed by atoms with Crippen LogP contribution in [0.1, 0.15) is 112 Å². The van der Waals surface area contributed by atoms with Gasteiger partial charge in [0.25, 0.3) is 0 Å². The van der Waals surface area contributed by atoms with Crippen LogP contribution in [0.25, 0.3) is 0 Å². The van der Waals surface area contributed by atoms with Gasteiger partial charge in [-0.25, -0.2) is 0 Å². The molecule has 0 spiro atoms. The third-order valence-electron chi connectivity index (χ3n) is 3.60. The second-order valence-electron chi connectivity index (χ2n) is 6.27. The fourth-order valence-corrected chi connectivity index (χ4v) is 1.96. The van der Waals surface area contributed by atoms with Gasteiger partial charge in [-0.05, 0) is 25.7 Å². The second-order valence-corrected chi connectivity index (χ2v) is 6.27. The first-order valence-electron chi connectivity index (χ1n) is 11.4. The molecule has 0 bridgehead atoms. The van der Waals surface area contributed by atoms with Crippen molar-refractivity contribution < 1.29 is 0 Å². The highest BCUT2D eigenvalue weighted by Gasteiger charge is 1.89. The first-order chi connectivity index (χ1) is 13.1. The van der Waals surface area contributed by atoms with Gasteiger partial charge in [0.1, 0.15) is 0 Å². The van der Waals surface area contributed by atoms with Gasteiger partial charge in [0, 0.05) is 18.7 Å². The number of hydrogen-bond donors (Lipinski definition) is 1. The Labute approximate surface area is 174 Å². The van der Waals surface area contributed by atoms with Crippen molar-refractivity contribution in [1.29, 1.82) is 0 Å². The van der Waals surface area contributed by atoms with E-state index in [4.69, 9.17) is 0 Å². The average molecular weight is 380 g/mol. The summed E-state index contributed by atoms with van der Waals surface area (Å²) in [5.41, 5.74) is 1.08. The first kappa shape index (κ1) is 33.4. The lowest BCUT2D eigenvalue weighted by Crippen LogP contribution is -2.13. The van der Waals surface area contributed by atoms with Gasteiger partial charge in [0.15, 0.2) is 0 Å². The van der Waals surface area contributed by atoms with Crippen molar-refractivity contribution in [3.63, 3.8) is 0 Å². The van der Waals surface area contributed by atoms with Crippen LogP contribution in [-0.4, -0.2) is 6.54 Å². The van der Waals surface area contributed by atoms with Gasteiger partial charge in [-0.15, -0.1) is 19.7 Å². The zero-order valence-corrected chi connectivity index (χ0v) is 19.8. The van der Waals surface area contributed by atoms with Crippen LogP contribution in [0.2, 0.25) is 0 Å². The van der Waals surface area contributed by atoms with Crippen LogP contribution in [0.5, 0.6) is 0 Å². The van der Waals surface area contributed by atoms with Crippen molar-refractivity contribution in [2.75, 3.05) is 6.54 Å². The molecule has 0 heterocycles. The Kier molecular flexibility index (Phi) is 49.1. The summed E-state index contributed by atoms with van der Waals surface area (Å²) in [5.74, 6) is 0. The van der Waals surface area contributed by atoms with Gasteiger partial charge in [-0.1, -0.05) is 104 Å². The van der Waals surface area contributed by atoms with E-state index < -0.39 is 0 Å². The molecule has 1 N–H and O–H groups in total. The van der Waals surface area contributed by atoms with Gasteiger partial charge in [-0.3, -0.25) is 0 Å². The molecule has 0 amide bonds. The van der Waals surface area contributed by atoms with Crippen molar-refractivity contribution in [2.24, 2.45) is 0 Å². The van der Waals surface area contributed by atoms with Crippen molar-refractivity contribution >= 4 is 0 Å². The van der Waals surface area contributed by atoms with Crippen LogP contribution in [0.3, 0.4) is 0 Å². The SMILES string of the molecule is C=CCC.C=CCC(=C)NCCCCCC.C=CCCCCCCC.CC. The van der Waals surface area contributed by atoms with E-state index in [1.165, 1.54) is 64.2 Å². The summed E-state index contributed by atoms with van der Waals surface area (Å²) in [6.45, 7) is 26.3. The maximum Gasteiger partial charge on any atom is 0.0143 e. The topological polar surface area (TPSA) is 12.0 Å². The Morgan fingerprint density at radius 1 is 0.704 bits per heavy atom. The van der Waals surface area contributed by atoms with Crippen LogP contribution in [0.4, 0.5) is 0 Å². The first-order valence-corrected chi connectivity index (χ1v) is 11.4. The standard InChI is InChI=1S/C11H21N.C9H18.C4H8.C2H6/c1-4-6-7-8-10-12-11(3)9-5-2;1-3-5-7-9-8-6-4-2;1-3-4-2;1-2/h5,12H,2-4,6-10H2,1H3;3H,1,4-9H2,2H3;3H,1,4H2,2H3;1-2H3. The van der Waals surface area contributed by atoms with Gasteiger partial charge >= 0.3 is 0 Å². The Morgan fingerprint density at radius 3 is 1.59 bits per heavy atom. The van der Waals surface area contributed by atoms with Crippen LogP contribution >= 0.6 is 0 Å². The third kappa shape index (κ3) is 51.6. The van der Waals surface area contributed by atoms with Crippen molar-refractivity contribution in [3.05, 3.63) is 50.2 Å². The third-order valence-corrected chi connectivity index (χ3v) is 3.60. The normalized spacial score (nSPS) is 8.48. The summed E-state index contributed by atoms with van der Waals surface area (Å²) in [7, 11) is 0. The molecule has 0 radical (unpaired) electrons. The molecular formula is C26H53N. The predicted octanol–water partition coefficient (Wildman–Crippen LogP) is 9.39. The maximum atomic E-state index is 3.88. The molecule has 0 aromatic heterocycles. The highest BCUT2D eigenvalue weighted by atomic mass is 14.9. The molecule has 1 nitrogen and oxygen atoms in total. The monoisotopic (exact) mass is 379 g/mol. The minimum atomic E-state index is 0.883. The van der Waals surface area contributed by atoms with Crippen molar-refractivity contribution in [3.8, 4) is 0 Å². The predicted molar refractivity (Wildman–Crippen MR) is 132 cm³/mol. The number of allylic oxidation sites excluding steroid dienone is 3. The van der Waals surface area contributed by atoms with Gasteiger partial charge in [0.2, 0.25) is 0 Å². The van der Waals surface area contributed by atoms with E-state index in [2.05, 4.69) is 52.4 Å². The molecule has 0 saturated carbocycles. The quantitative estimate of drug-likeness (QED) is 0.221. The molecule has 0 fully saturated rings. The Hall–Kier alpha value is -1.24. The summed E-state index contributed by atoms with van der Waals surface area (Å²) in [5, 5.41) is 3.28. The Morgan fingerprint density at radius 2 is 1.19 bits per heavy atom. The molecule has 0 aliphatic rings. The molecule has 162 valence electrons. The minimum absolute atomic E-state index is 0.883. The smallest absolute Gasteiger partial charge is 0.0143 e. The summed E-state index contributed by atoms with van der Waals surface area (Å²) in [6.07, 6.45) is 21.0. The highest BCUT2D eigenvalue weighted by molar-refractivity contribution is 4.96. The molecule has 1 heteroatoms.